The molecule has 0 aliphatic rings. The van der Waals surface area contributed by atoms with Gasteiger partial charge in [-0.1, -0.05) is 6.07 Å². The zero-order valence-corrected chi connectivity index (χ0v) is 12.8. The number of nitrogens with one attached hydrogen (secondary N) is 2. The fraction of sp³-hybridized carbons (Fsp3) is 0.118. The Bertz CT molecular complexity index is 793. The topological polar surface area (TPSA) is 87.6 Å². The van der Waals surface area contributed by atoms with E-state index in [1.807, 2.05) is 0 Å². The molecule has 3 N–H and O–H groups in total. The first-order valence-corrected chi connectivity index (χ1v) is 7.28. The number of carbonyl (C=O) groups is 1. The maximum Gasteiger partial charge on any atom is 0.319 e. The van der Waals surface area contributed by atoms with E-state index in [1.165, 1.54) is 37.0 Å². The minimum absolute atomic E-state index is 0.172. The molecule has 0 aliphatic carbocycles. The predicted molar refractivity (Wildman–Crippen MR) is 83.8 cm³/mol. The molecule has 0 bridgehead atoms. The van der Waals surface area contributed by atoms with Gasteiger partial charge in [-0.2, -0.15) is 0 Å². The van der Waals surface area contributed by atoms with Crippen molar-refractivity contribution >= 4 is 11.7 Å². The zero-order valence-electron chi connectivity index (χ0n) is 12.8. The maximum atomic E-state index is 13.6. The Labute approximate surface area is 141 Å². The molecule has 1 atom stereocenters. The molecule has 3 rings (SSSR count). The van der Waals surface area contributed by atoms with E-state index in [2.05, 4.69) is 10.6 Å². The van der Waals surface area contributed by atoms with Crippen LogP contribution in [0, 0.1) is 11.6 Å². The third-order valence-corrected chi connectivity index (χ3v) is 3.63. The highest BCUT2D eigenvalue weighted by molar-refractivity contribution is 5.89. The molecule has 0 saturated heterocycles. The summed E-state index contributed by atoms with van der Waals surface area (Å²) in [7, 11) is 0. The summed E-state index contributed by atoms with van der Waals surface area (Å²) >= 11 is 0. The minimum atomic E-state index is -1.71. The Morgan fingerprint density at radius 3 is 2.48 bits per heavy atom. The number of hydrogen-bond acceptors (Lipinski definition) is 4. The first kappa shape index (κ1) is 16.7. The molecule has 2 aromatic heterocycles. The maximum absolute atomic E-state index is 13.6. The second-order valence-electron chi connectivity index (χ2n) is 5.25. The van der Waals surface area contributed by atoms with Gasteiger partial charge in [-0.15, -0.1) is 0 Å². The minimum Gasteiger partial charge on any atom is -0.472 e. The molecule has 0 radical (unpaired) electrons. The van der Waals surface area contributed by atoms with Crippen molar-refractivity contribution in [1.29, 1.82) is 0 Å². The summed E-state index contributed by atoms with van der Waals surface area (Å²) in [6, 6.07) is 6.95. The van der Waals surface area contributed by atoms with Crippen molar-refractivity contribution in [2.75, 3.05) is 11.9 Å². The van der Waals surface area contributed by atoms with Gasteiger partial charge in [-0.25, -0.2) is 13.6 Å². The van der Waals surface area contributed by atoms with Crippen molar-refractivity contribution in [3.05, 3.63) is 78.1 Å². The fourth-order valence-electron chi connectivity index (χ4n) is 2.33. The first-order valence-electron chi connectivity index (χ1n) is 7.28. The summed E-state index contributed by atoms with van der Waals surface area (Å²) in [5.41, 5.74) is -1.94. The van der Waals surface area contributed by atoms with E-state index in [0.717, 1.165) is 12.1 Å². The number of hydrogen-bond donors (Lipinski definition) is 3. The van der Waals surface area contributed by atoms with E-state index in [-0.39, 0.29) is 12.3 Å². The van der Waals surface area contributed by atoms with Crippen molar-refractivity contribution < 1.29 is 27.5 Å². The summed E-state index contributed by atoms with van der Waals surface area (Å²) in [4.78, 5) is 12.0. The van der Waals surface area contributed by atoms with Crippen molar-refractivity contribution in [3.63, 3.8) is 0 Å². The molecule has 1 aromatic carbocycles. The molecule has 6 nitrogen and oxygen atoms in total. The van der Waals surface area contributed by atoms with Crippen LogP contribution in [0.2, 0.25) is 0 Å². The monoisotopic (exact) mass is 348 g/mol. The van der Waals surface area contributed by atoms with Crippen molar-refractivity contribution in [3.8, 4) is 0 Å². The van der Waals surface area contributed by atoms with Gasteiger partial charge in [0.1, 0.15) is 23.1 Å². The molecule has 0 saturated carbocycles. The smallest absolute Gasteiger partial charge is 0.319 e. The Morgan fingerprint density at radius 1 is 1.12 bits per heavy atom. The molecule has 3 aromatic rings. The van der Waals surface area contributed by atoms with Crippen LogP contribution in [0.3, 0.4) is 0 Å². The second-order valence-corrected chi connectivity index (χ2v) is 5.25. The highest BCUT2D eigenvalue weighted by atomic mass is 19.1. The average molecular weight is 348 g/mol. The van der Waals surface area contributed by atoms with Crippen LogP contribution in [-0.2, 0) is 5.60 Å². The summed E-state index contributed by atoms with van der Waals surface area (Å²) in [6.07, 6.45) is 4.03. The lowest BCUT2D eigenvalue weighted by molar-refractivity contribution is 0.0587. The molecule has 25 heavy (non-hydrogen) atoms. The SMILES string of the molecule is O=C(NC[C@@](O)(c1ccoc1)c1ccco1)Nc1c(F)cccc1F. The number of para-hydroxylation sites is 1. The number of urea groups is 1. The largest absolute Gasteiger partial charge is 0.472 e. The van der Waals surface area contributed by atoms with Gasteiger partial charge in [-0.05, 0) is 30.3 Å². The number of rotatable bonds is 5. The molecule has 0 spiro atoms. The zero-order chi connectivity index (χ0) is 17.9. The average Bonchev–Trinajstić information content (AvgIpc) is 3.30. The number of furan rings is 2. The summed E-state index contributed by atoms with van der Waals surface area (Å²) < 4.78 is 37.3. The Kier molecular flexibility index (Phi) is 4.53. The second kappa shape index (κ2) is 6.78. The normalized spacial score (nSPS) is 13.2. The van der Waals surface area contributed by atoms with E-state index in [1.54, 1.807) is 6.07 Å². The van der Waals surface area contributed by atoms with Gasteiger partial charge in [0.2, 0.25) is 0 Å². The first-order chi connectivity index (χ1) is 12.0. The summed E-state index contributed by atoms with van der Waals surface area (Å²) in [5.74, 6) is -1.65. The lowest BCUT2D eigenvalue weighted by Gasteiger charge is -2.25. The van der Waals surface area contributed by atoms with Gasteiger partial charge in [-0.3, -0.25) is 0 Å². The summed E-state index contributed by atoms with van der Waals surface area (Å²) in [6.45, 7) is -0.318. The molecule has 130 valence electrons. The van der Waals surface area contributed by atoms with Gasteiger partial charge in [0.15, 0.2) is 5.60 Å². The number of halogens is 2. The van der Waals surface area contributed by atoms with Crippen LogP contribution < -0.4 is 10.6 Å². The Morgan fingerprint density at radius 2 is 1.88 bits per heavy atom. The lowest BCUT2D eigenvalue weighted by atomic mass is 9.93. The molecule has 2 amide bonds. The van der Waals surface area contributed by atoms with Crippen LogP contribution >= 0.6 is 0 Å². The number of anilines is 1. The third-order valence-electron chi connectivity index (χ3n) is 3.63. The number of aliphatic hydroxyl groups is 1. The van der Waals surface area contributed by atoms with E-state index in [0.29, 0.717) is 5.56 Å². The molecular weight excluding hydrogens is 334 g/mol. The Balaban J connectivity index is 1.75. The quantitative estimate of drug-likeness (QED) is 0.661. The number of amides is 2. The predicted octanol–water partition coefficient (Wildman–Crippen LogP) is 3.21. The van der Waals surface area contributed by atoms with Gasteiger partial charge in [0.05, 0.1) is 25.3 Å². The summed E-state index contributed by atoms with van der Waals surface area (Å²) in [5, 5.41) is 15.4. The van der Waals surface area contributed by atoms with E-state index in [9.17, 15) is 18.7 Å². The van der Waals surface area contributed by atoms with Crippen LogP contribution in [0.25, 0.3) is 0 Å². The van der Waals surface area contributed by atoms with Gasteiger partial charge >= 0.3 is 6.03 Å². The van der Waals surface area contributed by atoms with Gasteiger partial charge in [0, 0.05) is 5.56 Å². The highest BCUT2D eigenvalue weighted by Crippen LogP contribution is 2.30. The highest BCUT2D eigenvalue weighted by Gasteiger charge is 2.36. The van der Waals surface area contributed by atoms with Crippen LogP contribution in [-0.4, -0.2) is 17.7 Å². The fourth-order valence-corrected chi connectivity index (χ4v) is 2.33. The molecule has 0 aliphatic heterocycles. The van der Waals surface area contributed by atoms with Crippen molar-refractivity contribution in [2.24, 2.45) is 0 Å². The van der Waals surface area contributed by atoms with Crippen molar-refractivity contribution in [2.45, 2.75) is 5.60 Å². The molecule has 0 fully saturated rings. The van der Waals surface area contributed by atoms with Crippen LogP contribution in [0.4, 0.5) is 19.3 Å². The number of carbonyl (C=O) groups excluding carboxylic acids is 1. The van der Waals surface area contributed by atoms with Crippen LogP contribution in [0.1, 0.15) is 11.3 Å². The molecule has 2 heterocycles. The molecular formula is C17H14F2N2O4. The molecule has 0 unspecified atom stereocenters. The van der Waals surface area contributed by atoms with Crippen LogP contribution in [0.15, 0.2) is 64.0 Å². The molecule has 8 heteroatoms. The van der Waals surface area contributed by atoms with Crippen LogP contribution in [0.5, 0.6) is 0 Å². The standard InChI is InChI=1S/C17H14F2N2O4/c18-12-3-1-4-13(19)15(12)21-16(22)20-10-17(23,11-6-8-24-9-11)14-5-2-7-25-14/h1-9,23H,10H2,(H2,20,21,22)/t17-/m1/s1. The van der Waals surface area contributed by atoms with E-state index >= 15 is 0 Å². The van der Waals surface area contributed by atoms with E-state index < -0.39 is 29.0 Å². The van der Waals surface area contributed by atoms with Crippen molar-refractivity contribution in [1.82, 2.24) is 5.32 Å². The lowest BCUT2D eigenvalue weighted by Crippen LogP contribution is -2.43. The van der Waals surface area contributed by atoms with Gasteiger partial charge in [0.25, 0.3) is 0 Å². The van der Waals surface area contributed by atoms with Gasteiger partial charge < -0.3 is 24.6 Å². The Hall–Kier alpha value is -3.13. The third kappa shape index (κ3) is 3.38. The number of benzene rings is 1. The van der Waals surface area contributed by atoms with E-state index in [4.69, 9.17) is 8.83 Å².